The van der Waals surface area contributed by atoms with E-state index in [0.29, 0.717) is 12.6 Å². The molecule has 1 rings (SSSR count). The van der Waals surface area contributed by atoms with Gasteiger partial charge in [-0.2, -0.15) is 0 Å². The number of nitrogens with zero attached hydrogens (tertiary/aromatic N) is 2. The highest BCUT2D eigenvalue weighted by Gasteiger charge is 2.27. The summed E-state index contributed by atoms with van der Waals surface area (Å²) in [6.45, 7) is 10.3. The van der Waals surface area contributed by atoms with E-state index in [4.69, 9.17) is 17.0 Å². The van der Waals surface area contributed by atoms with Crippen LogP contribution in [-0.2, 0) is 4.74 Å². The Balaban J connectivity index is 2.31. The molecule has 0 bridgehead atoms. The van der Waals surface area contributed by atoms with E-state index in [1.54, 1.807) is 7.11 Å². The molecule has 1 heterocycles. The zero-order chi connectivity index (χ0) is 12.7. The van der Waals surface area contributed by atoms with Crippen LogP contribution in [0.5, 0.6) is 0 Å². The highest BCUT2D eigenvalue weighted by molar-refractivity contribution is 7.80. The van der Waals surface area contributed by atoms with E-state index >= 15 is 0 Å². The molecule has 1 aliphatic rings. The highest BCUT2D eigenvalue weighted by Crippen LogP contribution is 2.15. The van der Waals surface area contributed by atoms with Gasteiger partial charge in [-0.3, -0.25) is 4.90 Å². The number of nitrogens with one attached hydrogen (secondary N) is 1. The van der Waals surface area contributed by atoms with Crippen molar-refractivity contribution in [3.8, 4) is 0 Å². The lowest BCUT2D eigenvalue weighted by atomic mass is 10.2. The second kappa shape index (κ2) is 7.84. The molecule has 0 aromatic rings. The first kappa shape index (κ1) is 14.7. The Bertz CT molecular complexity index is 234. The van der Waals surface area contributed by atoms with E-state index in [0.717, 1.165) is 37.8 Å². The number of ether oxygens (including phenoxy) is 1. The van der Waals surface area contributed by atoms with Crippen LogP contribution in [0.3, 0.4) is 0 Å². The minimum absolute atomic E-state index is 0.659. The number of thiocarbonyl (C=S) groups is 1. The molecule has 17 heavy (non-hydrogen) atoms. The van der Waals surface area contributed by atoms with Gasteiger partial charge < -0.3 is 15.0 Å². The maximum absolute atomic E-state index is 5.38. The molecule has 100 valence electrons. The molecule has 0 saturated carbocycles. The van der Waals surface area contributed by atoms with Crippen molar-refractivity contribution in [3.63, 3.8) is 0 Å². The lowest BCUT2D eigenvalue weighted by Crippen LogP contribution is -2.42. The fourth-order valence-electron chi connectivity index (χ4n) is 2.34. The van der Waals surface area contributed by atoms with Crippen molar-refractivity contribution in [2.24, 2.45) is 0 Å². The number of hydrogen-bond donors (Lipinski definition) is 1. The minimum Gasteiger partial charge on any atom is -0.383 e. The Morgan fingerprint density at radius 2 is 2.18 bits per heavy atom. The van der Waals surface area contributed by atoms with Gasteiger partial charge in [-0.1, -0.05) is 13.8 Å². The van der Waals surface area contributed by atoms with Gasteiger partial charge in [0, 0.05) is 32.8 Å². The largest absolute Gasteiger partial charge is 0.383 e. The number of methoxy groups -OCH3 is 1. The Labute approximate surface area is 110 Å². The fraction of sp³-hybridized carbons (Fsp3) is 0.917. The molecular weight excluding hydrogens is 234 g/mol. The first-order valence-electron chi connectivity index (χ1n) is 6.48. The van der Waals surface area contributed by atoms with E-state index in [1.165, 1.54) is 6.42 Å². The summed E-state index contributed by atoms with van der Waals surface area (Å²) in [5.74, 6) is 0. The topological polar surface area (TPSA) is 27.7 Å². The zero-order valence-electron chi connectivity index (χ0n) is 11.2. The third kappa shape index (κ3) is 4.41. The summed E-state index contributed by atoms with van der Waals surface area (Å²) in [5.41, 5.74) is 0. The molecule has 1 saturated heterocycles. The summed E-state index contributed by atoms with van der Waals surface area (Å²) < 4.78 is 5.00. The molecule has 1 atom stereocenters. The third-order valence-corrected chi connectivity index (χ3v) is 3.76. The second-order valence-electron chi connectivity index (χ2n) is 4.33. The summed E-state index contributed by atoms with van der Waals surface area (Å²) in [4.78, 5) is 4.78. The standard InChI is InChI=1S/C12H25N3OS/c1-4-14(5-2)11-6-8-15(10-11)12(17)13-7-9-16-3/h11H,4-10H2,1-3H3,(H,13,17). The van der Waals surface area contributed by atoms with E-state index in [-0.39, 0.29) is 0 Å². The average Bonchev–Trinajstić information content (AvgIpc) is 2.80. The lowest BCUT2D eigenvalue weighted by Gasteiger charge is -2.26. The van der Waals surface area contributed by atoms with E-state index in [2.05, 4.69) is 29.0 Å². The Morgan fingerprint density at radius 1 is 1.47 bits per heavy atom. The van der Waals surface area contributed by atoms with Crippen LogP contribution in [0.15, 0.2) is 0 Å². The van der Waals surface area contributed by atoms with Gasteiger partial charge in [-0.15, -0.1) is 0 Å². The van der Waals surface area contributed by atoms with Gasteiger partial charge in [0.05, 0.1) is 6.61 Å². The van der Waals surface area contributed by atoms with Crippen LogP contribution in [0.2, 0.25) is 0 Å². The molecule has 1 aliphatic heterocycles. The van der Waals surface area contributed by atoms with Gasteiger partial charge in [-0.25, -0.2) is 0 Å². The third-order valence-electron chi connectivity index (χ3n) is 3.36. The van der Waals surface area contributed by atoms with Gasteiger partial charge in [0.25, 0.3) is 0 Å². The summed E-state index contributed by atoms with van der Waals surface area (Å²) in [5, 5.41) is 4.11. The predicted octanol–water partition coefficient (Wildman–Crippen LogP) is 0.923. The van der Waals surface area contributed by atoms with Crippen molar-refractivity contribution < 1.29 is 4.74 Å². The SMILES string of the molecule is CCN(CC)C1CCN(C(=S)NCCOC)C1. The van der Waals surface area contributed by atoms with Gasteiger partial charge >= 0.3 is 0 Å². The van der Waals surface area contributed by atoms with E-state index < -0.39 is 0 Å². The van der Waals surface area contributed by atoms with Crippen molar-refractivity contribution in [2.45, 2.75) is 26.3 Å². The van der Waals surface area contributed by atoms with Gasteiger partial charge in [0.15, 0.2) is 5.11 Å². The van der Waals surface area contributed by atoms with Crippen LogP contribution in [0, 0.1) is 0 Å². The fourth-order valence-corrected chi connectivity index (χ4v) is 2.60. The van der Waals surface area contributed by atoms with Crippen LogP contribution in [-0.4, -0.2) is 67.4 Å². The van der Waals surface area contributed by atoms with Crippen LogP contribution >= 0.6 is 12.2 Å². The smallest absolute Gasteiger partial charge is 0.169 e. The molecular formula is C12H25N3OS. The van der Waals surface area contributed by atoms with Crippen molar-refractivity contribution in [1.82, 2.24) is 15.1 Å². The predicted molar refractivity (Wildman–Crippen MR) is 75.4 cm³/mol. The maximum Gasteiger partial charge on any atom is 0.169 e. The van der Waals surface area contributed by atoms with Gasteiger partial charge in [0.1, 0.15) is 0 Å². The Hall–Kier alpha value is -0.390. The van der Waals surface area contributed by atoms with Crippen LogP contribution < -0.4 is 5.32 Å². The molecule has 5 heteroatoms. The molecule has 0 aliphatic carbocycles. The summed E-state index contributed by atoms with van der Waals surface area (Å²) in [6.07, 6.45) is 1.22. The number of likely N-dealkylation sites (N-methyl/N-ethyl adjacent to an activating group) is 1. The van der Waals surface area contributed by atoms with Crippen molar-refractivity contribution in [2.75, 3.05) is 46.4 Å². The van der Waals surface area contributed by atoms with E-state index in [9.17, 15) is 0 Å². The number of hydrogen-bond acceptors (Lipinski definition) is 3. The highest BCUT2D eigenvalue weighted by atomic mass is 32.1. The van der Waals surface area contributed by atoms with Gasteiger partial charge in [-0.05, 0) is 31.7 Å². The molecule has 0 radical (unpaired) electrons. The number of rotatable bonds is 6. The van der Waals surface area contributed by atoms with Crippen LogP contribution in [0.1, 0.15) is 20.3 Å². The Kier molecular flexibility index (Phi) is 6.77. The quantitative estimate of drug-likeness (QED) is 0.566. The minimum atomic E-state index is 0.659. The van der Waals surface area contributed by atoms with E-state index in [1.807, 2.05) is 0 Å². The molecule has 0 spiro atoms. The second-order valence-corrected chi connectivity index (χ2v) is 4.72. The normalized spacial score (nSPS) is 20.0. The summed E-state index contributed by atoms with van der Waals surface area (Å²) in [7, 11) is 1.71. The first-order chi connectivity index (χ1) is 8.22. The van der Waals surface area contributed by atoms with Crippen LogP contribution in [0.4, 0.5) is 0 Å². The molecule has 1 N–H and O–H groups in total. The molecule has 1 unspecified atom stereocenters. The molecule has 0 amide bonds. The molecule has 4 nitrogen and oxygen atoms in total. The first-order valence-corrected chi connectivity index (χ1v) is 6.89. The van der Waals surface area contributed by atoms with Crippen molar-refractivity contribution in [1.29, 1.82) is 0 Å². The summed E-state index contributed by atoms with van der Waals surface area (Å²) >= 11 is 5.38. The molecule has 0 aromatic heterocycles. The molecule has 1 fully saturated rings. The maximum atomic E-state index is 5.38. The Morgan fingerprint density at radius 3 is 2.76 bits per heavy atom. The van der Waals surface area contributed by atoms with Crippen molar-refractivity contribution in [3.05, 3.63) is 0 Å². The zero-order valence-corrected chi connectivity index (χ0v) is 12.1. The number of likely N-dealkylation sites (tertiary alicyclic amines) is 1. The molecule has 0 aromatic carbocycles. The average molecular weight is 259 g/mol. The van der Waals surface area contributed by atoms with Crippen LogP contribution in [0.25, 0.3) is 0 Å². The van der Waals surface area contributed by atoms with Gasteiger partial charge in [0.2, 0.25) is 0 Å². The lowest BCUT2D eigenvalue weighted by molar-refractivity contribution is 0.202. The summed E-state index contributed by atoms with van der Waals surface area (Å²) in [6, 6.07) is 0.659. The monoisotopic (exact) mass is 259 g/mol. The van der Waals surface area contributed by atoms with Crippen molar-refractivity contribution >= 4 is 17.3 Å².